The number of carbonyl (C=O) groups is 1. The summed E-state index contributed by atoms with van der Waals surface area (Å²) in [5.41, 5.74) is 3.22. The third kappa shape index (κ3) is 3.47. The van der Waals surface area contributed by atoms with Crippen LogP contribution in [0.3, 0.4) is 0 Å². The van der Waals surface area contributed by atoms with Crippen molar-refractivity contribution in [1.82, 2.24) is 0 Å². The van der Waals surface area contributed by atoms with Gasteiger partial charge in [-0.1, -0.05) is 0 Å². The summed E-state index contributed by atoms with van der Waals surface area (Å²) < 4.78 is 56.8. The SMILES string of the molecule is CCOC(=O)C(CN)(CC(F)F)c1cc(F)cc(F)c1. The van der Waals surface area contributed by atoms with Gasteiger partial charge in [0.2, 0.25) is 6.43 Å². The minimum absolute atomic E-state index is 0.0539. The van der Waals surface area contributed by atoms with Crippen LogP contribution in [0.2, 0.25) is 0 Å². The number of benzene rings is 1. The molecular formula is C13H15F4NO2. The molecule has 112 valence electrons. The molecule has 0 fully saturated rings. The van der Waals surface area contributed by atoms with Crippen molar-refractivity contribution in [2.75, 3.05) is 13.2 Å². The number of hydrogen-bond donors (Lipinski definition) is 1. The second kappa shape index (κ2) is 6.69. The lowest BCUT2D eigenvalue weighted by Gasteiger charge is -2.30. The maximum Gasteiger partial charge on any atom is 0.318 e. The number of nitrogens with two attached hydrogens (primary N) is 1. The van der Waals surface area contributed by atoms with Crippen LogP contribution in [-0.4, -0.2) is 25.5 Å². The lowest BCUT2D eigenvalue weighted by Crippen LogP contribution is -2.46. The fraction of sp³-hybridized carbons (Fsp3) is 0.462. The van der Waals surface area contributed by atoms with Crippen molar-refractivity contribution in [3.8, 4) is 0 Å². The molecule has 0 spiro atoms. The maximum atomic E-state index is 13.3. The van der Waals surface area contributed by atoms with Crippen LogP contribution in [0.4, 0.5) is 17.6 Å². The van der Waals surface area contributed by atoms with E-state index < -0.39 is 42.4 Å². The van der Waals surface area contributed by atoms with Crippen LogP contribution in [0.1, 0.15) is 18.9 Å². The van der Waals surface area contributed by atoms with Crippen molar-refractivity contribution >= 4 is 5.97 Å². The van der Waals surface area contributed by atoms with Crippen LogP contribution >= 0.6 is 0 Å². The quantitative estimate of drug-likeness (QED) is 0.647. The normalized spacial score (nSPS) is 14.2. The van der Waals surface area contributed by atoms with Gasteiger partial charge < -0.3 is 10.5 Å². The summed E-state index contributed by atoms with van der Waals surface area (Å²) in [7, 11) is 0. The number of carbonyl (C=O) groups excluding carboxylic acids is 1. The molecule has 0 aliphatic carbocycles. The molecule has 1 aromatic carbocycles. The molecule has 0 radical (unpaired) electrons. The highest BCUT2D eigenvalue weighted by Crippen LogP contribution is 2.32. The monoisotopic (exact) mass is 293 g/mol. The topological polar surface area (TPSA) is 52.3 Å². The van der Waals surface area contributed by atoms with E-state index in [-0.39, 0.29) is 12.2 Å². The largest absolute Gasteiger partial charge is 0.465 e. The molecule has 7 heteroatoms. The number of halogens is 4. The van der Waals surface area contributed by atoms with Gasteiger partial charge in [-0.15, -0.1) is 0 Å². The summed E-state index contributed by atoms with van der Waals surface area (Å²) in [6.07, 6.45) is -3.85. The fourth-order valence-electron chi connectivity index (χ4n) is 1.97. The van der Waals surface area contributed by atoms with E-state index in [1.807, 2.05) is 0 Å². The van der Waals surface area contributed by atoms with Gasteiger partial charge in [0, 0.05) is 19.0 Å². The van der Waals surface area contributed by atoms with E-state index >= 15 is 0 Å². The van der Waals surface area contributed by atoms with Gasteiger partial charge in [0.25, 0.3) is 0 Å². The van der Waals surface area contributed by atoms with E-state index in [0.717, 1.165) is 12.1 Å². The number of hydrogen-bond acceptors (Lipinski definition) is 3. The Hall–Kier alpha value is -1.63. The van der Waals surface area contributed by atoms with Crippen molar-refractivity contribution in [3.63, 3.8) is 0 Å². The van der Waals surface area contributed by atoms with Crippen molar-refractivity contribution in [1.29, 1.82) is 0 Å². The Bertz CT molecular complexity index is 461. The van der Waals surface area contributed by atoms with Crippen LogP contribution in [0.25, 0.3) is 0 Å². The number of rotatable bonds is 6. The van der Waals surface area contributed by atoms with E-state index in [2.05, 4.69) is 0 Å². The molecule has 0 aliphatic heterocycles. The van der Waals surface area contributed by atoms with Gasteiger partial charge in [-0.25, -0.2) is 17.6 Å². The molecule has 1 rings (SSSR count). The Morgan fingerprint density at radius 1 is 1.30 bits per heavy atom. The molecule has 0 saturated carbocycles. The molecule has 20 heavy (non-hydrogen) atoms. The maximum absolute atomic E-state index is 13.3. The molecule has 0 aliphatic rings. The molecule has 1 unspecified atom stereocenters. The summed E-state index contributed by atoms with van der Waals surface area (Å²) in [5.74, 6) is -2.97. The molecule has 3 nitrogen and oxygen atoms in total. The van der Waals surface area contributed by atoms with Gasteiger partial charge >= 0.3 is 5.97 Å². The van der Waals surface area contributed by atoms with Crippen molar-refractivity contribution in [2.45, 2.75) is 25.2 Å². The Labute approximate surface area is 113 Å². The average molecular weight is 293 g/mol. The first kappa shape index (κ1) is 16.4. The second-order valence-electron chi connectivity index (χ2n) is 4.26. The molecular weight excluding hydrogens is 278 g/mol. The van der Waals surface area contributed by atoms with Crippen LogP contribution in [0, 0.1) is 11.6 Å². The Balaban J connectivity index is 3.37. The highest BCUT2D eigenvalue weighted by atomic mass is 19.3. The first-order valence-electron chi connectivity index (χ1n) is 5.97. The second-order valence-corrected chi connectivity index (χ2v) is 4.26. The summed E-state index contributed by atoms with van der Waals surface area (Å²) in [5, 5.41) is 0. The lowest BCUT2D eigenvalue weighted by molar-refractivity contribution is -0.151. The zero-order chi connectivity index (χ0) is 15.3. The van der Waals surface area contributed by atoms with E-state index in [0.29, 0.717) is 6.07 Å². The standard InChI is InChI=1S/C13H15F4NO2/c1-2-20-12(19)13(7-18,6-11(16)17)8-3-9(14)5-10(15)4-8/h3-5,11H,2,6-7,18H2,1H3. The predicted molar refractivity (Wildman–Crippen MR) is 64.3 cm³/mol. The minimum Gasteiger partial charge on any atom is -0.465 e. The zero-order valence-corrected chi connectivity index (χ0v) is 10.8. The minimum atomic E-state index is -2.88. The van der Waals surface area contributed by atoms with Crippen molar-refractivity contribution < 1.29 is 27.1 Å². The molecule has 1 atom stereocenters. The van der Waals surface area contributed by atoms with E-state index in [1.165, 1.54) is 6.92 Å². The van der Waals surface area contributed by atoms with Crippen LogP contribution in [0.5, 0.6) is 0 Å². The van der Waals surface area contributed by atoms with E-state index in [9.17, 15) is 22.4 Å². The van der Waals surface area contributed by atoms with E-state index in [1.54, 1.807) is 0 Å². The van der Waals surface area contributed by atoms with E-state index in [4.69, 9.17) is 10.5 Å². The molecule has 2 N–H and O–H groups in total. The summed E-state index contributed by atoms with van der Waals surface area (Å²) in [6, 6.07) is 2.21. The first-order valence-corrected chi connectivity index (χ1v) is 5.97. The van der Waals surface area contributed by atoms with Crippen LogP contribution < -0.4 is 5.73 Å². The summed E-state index contributed by atoms with van der Waals surface area (Å²) in [6.45, 7) is 0.897. The van der Waals surface area contributed by atoms with Gasteiger partial charge in [-0.05, 0) is 24.6 Å². The summed E-state index contributed by atoms with van der Waals surface area (Å²) >= 11 is 0. The molecule has 0 amide bonds. The Morgan fingerprint density at radius 3 is 2.25 bits per heavy atom. The Morgan fingerprint density at radius 2 is 1.85 bits per heavy atom. The zero-order valence-electron chi connectivity index (χ0n) is 10.8. The highest BCUT2D eigenvalue weighted by molar-refractivity contribution is 5.83. The van der Waals surface area contributed by atoms with Gasteiger partial charge in [0.1, 0.15) is 17.0 Å². The number of alkyl halides is 2. The van der Waals surface area contributed by atoms with Gasteiger partial charge in [0.05, 0.1) is 6.61 Å². The molecule has 1 aromatic rings. The van der Waals surface area contributed by atoms with Crippen LogP contribution in [-0.2, 0) is 14.9 Å². The van der Waals surface area contributed by atoms with Gasteiger partial charge in [-0.3, -0.25) is 4.79 Å². The Kier molecular flexibility index (Phi) is 5.50. The smallest absolute Gasteiger partial charge is 0.318 e. The fourth-order valence-corrected chi connectivity index (χ4v) is 1.97. The van der Waals surface area contributed by atoms with Crippen molar-refractivity contribution in [3.05, 3.63) is 35.4 Å². The molecule has 0 heterocycles. The third-order valence-corrected chi connectivity index (χ3v) is 2.93. The van der Waals surface area contributed by atoms with Gasteiger partial charge in [-0.2, -0.15) is 0 Å². The van der Waals surface area contributed by atoms with Crippen LogP contribution in [0.15, 0.2) is 18.2 Å². The van der Waals surface area contributed by atoms with Crippen molar-refractivity contribution in [2.24, 2.45) is 5.73 Å². The summed E-state index contributed by atoms with van der Waals surface area (Å²) in [4.78, 5) is 12.0. The lowest BCUT2D eigenvalue weighted by atomic mass is 9.77. The number of ether oxygens (including phenoxy) is 1. The first-order chi connectivity index (χ1) is 9.35. The molecule has 0 bridgehead atoms. The highest BCUT2D eigenvalue weighted by Gasteiger charge is 2.43. The average Bonchev–Trinajstić information content (AvgIpc) is 2.34. The molecule has 0 aromatic heterocycles. The third-order valence-electron chi connectivity index (χ3n) is 2.93. The molecule has 0 saturated heterocycles. The van der Waals surface area contributed by atoms with Gasteiger partial charge in [0.15, 0.2) is 0 Å². The predicted octanol–water partition coefficient (Wildman–Crippen LogP) is 2.38. The number of esters is 1.